The molecule has 0 spiro atoms. The zero-order chi connectivity index (χ0) is 39.3. The summed E-state index contributed by atoms with van der Waals surface area (Å²) in [6.07, 6.45) is 2.33. The SMILES string of the molecule is c1ccc2c(c1)c(-c1cc(-n3c4ccccc4c4ccccc43)cc(-n3c4ccccc4c4ccccc43)c1)cn2-c1ccc(-n2c3ccccc3c3ccccc32)cc1. The van der Waals surface area contributed by atoms with Gasteiger partial charge >= 0.3 is 0 Å². The Hall–Kier alpha value is -8.08. The van der Waals surface area contributed by atoms with E-state index in [1.165, 1.54) is 76.4 Å². The monoisotopic (exact) mass is 764 g/mol. The molecule has 4 heteroatoms. The second-order valence-corrected chi connectivity index (χ2v) is 15.8. The van der Waals surface area contributed by atoms with Crippen molar-refractivity contribution in [1.29, 1.82) is 0 Å². The van der Waals surface area contributed by atoms with E-state index < -0.39 is 0 Å². The van der Waals surface area contributed by atoms with E-state index in [-0.39, 0.29) is 0 Å². The molecule has 0 aliphatic carbocycles. The van der Waals surface area contributed by atoms with E-state index >= 15 is 0 Å². The summed E-state index contributed by atoms with van der Waals surface area (Å²) in [5, 5.41) is 8.73. The van der Waals surface area contributed by atoms with E-state index in [1.54, 1.807) is 0 Å². The van der Waals surface area contributed by atoms with Gasteiger partial charge in [-0.05, 0) is 90.5 Å². The lowest BCUT2D eigenvalue weighted by atomic mass is 10.0. The van der Waals surface area contributed by atoms with Gasteiger partial charge in [-0.1, -0.05) is 127 Å². The fraction of sp³-hybridized carbons (Fsp3) is 0. The minimum Gasteiger partial charge on any atom is -0.316 e. The molecule has 4 nitrogen and oxygen atoms in total. The predicted octanol–water partition coefficient (Wildman–Crippen LogP) is 14.6. The average Bonchev–Trinajstić information content (AvgIpc) is 4.06. The van der Waals surface area contributed by atoms with Crippen LogP contribution in [0, 0.1) is 0 Å². The first-order valence-electron chi connectivity index (χ1n) is 20.6. The molecule has 0 unspecified atom stereocenters. The van der Waals surface area contributed by atoms with Crippen molar-refractivity contribution in [1.82, 2.24) is 18.3 Å². The third kappa shape index (κ3) is 4.73. The van der Waals surface area contributed by atoms with Crippen molar-refractivity contribution in [2.45, 2.75) is 0 Å². The van der Waals surface area contributed by atoms with Crippen LogP contribution in [0.2, 0.25) is 0 Å². The summed E-state index contributed by atoms with van der Waals surface area (Å²) >= 11 is 0. The topological polar surface area (TPSA) is 19.7 Å². The summed E-state index contributed by atoms with van der Waals surface area (Å²) < 4.78 is 9.62. The van der Waals surface area contributed by atoms with Crippen LogP contribution in [0.4, 0.5) is 0 Å². The van der Waals surface area contributed by atoms with E-state index in [1.807, 2.05) is 0 Å². The normalized spacial score (nSPS) is 12.0. The minimum atomic E-state index is 1.11. The van der Waals surface area contributed by atoms with Crippen LogP contribution in [0.5, 0.6) is 0 Å². The molecule has 0 amide bonds. The Morgan fingerprint density at radius 3 is 0.917 bits per heavy atom. The molecule has 4 aromatic heterocycles. The highest BCUT2D eigenvalue weighted by atomic mass is 15.0. The highest BCUT2D eigenvalue weighted by Gasteiger charge is 2.20. The predicted molar refractivity (Wildman–Crippen MR) is 252 cm³/mol. The van der Waals surface area contributed by atoms with Crippen molar-refractivity contribution in [3.63, 3.8) is 0 Å². The molecule has 0 saturated carbocycles. The number of hydrogen-bond donors (Lipinski definition) is 0. The van der Waals surface area contributed by atoms with Crippen molar-refractivity contribution in [3.05, 3.63) is 219 Å². The first kappa shape index (κ1) is 32.9. The Morgan fingerprint density at radius 2 is 0.533 bits per heavy atom. The van der Waals surface area contributed by atoms with Gasteiger partial charge in [0.1, 0.15) is 0 Å². The lowest BCUT2D eigenvalue weighted by Gasteiger charge is -2.15. The summed E-state index contributed by atoms with van der Waals surface area (Å²) in [5.74, 6) is 0. The highest BCUT2D eigenvalue weighted by molar-refractivity contribution is 6.12. The maximum atomic E-state index is 2.44. The molecule has 0 aliphatic heterocycles. The van der Waals surface area contributed by atoms with Crippen LogP contribution >= 0.6 is 0 Å². The van der Waals surface area contributed by atoms with Crippen molar-refractivity contribution >= 4 is 76.3 Å². The number of benzene rings is 9. The summed E-state index contributed by atoms with van der Waals surface area (Å²) in [6.45, 7) is 0. The van der Waals surface area contributed by atoms with Gasteiger partial charge in [0, 0.05) is 72.2 Å². The van der Waals surface area contributed by atoms with Gasteiger partial charge in [0.2, 0.25) is 0 Å². The zero-order valence-electron chi connectivity index (χ0n) is 32.6. The van der Waals surface area contributed by atoms with Gasteiger partial charge in [-0.3, -0.25) is 0 Å². The van der Waals surface area contributed by atoms with E-state index in [2.05, 4.69) is 237 Å². The molecule has 0 fully saturated rings. The van der Waals surface area contributed by atoms with Gasteiger partial charge in [0.15, 0.2) is 0 Å². The van der Waals surface area contributed by atoms with Crippen LogP contribution < -0.4 is 0 Å². The quantitative estimate of drug-likeness (QED) is 0.166. The van der Waals surface area contributed by atoms with Gasteiger partial charge in [-0.15, -0.1) is 0 Å². The standard InChI is InChI=1S/C56H36N4/c1-8-22-50-48(21-1)49(36-57(50)38-29-31-39(32-30-38)58-51-23-9-2-15-42(51)43-16-3-10-24-52(43)58)37-33-40(59-53-25-11-4-17-44(53)45-18-5-12-26-54(45)59)35-41(34-37)60-55-27-13-6-19-46(55)47-20-7-14-28-56(47)60/h1-36H. The molecule has 0 bridgehead atoms. The maximum absolute atomic E-state index is 2.44. The highest BCUT2D eigenvalue weighted by Crippen LogP contribution is 2.40. The molecule has 280 valence electrons. The lowest BCUT2D eigenvalue weighted by molar-refractivity contribution is 1.11. The molecule has 0 saturated heterocycles. The fourth-order valence-corrected chi connectivity index (χ4v) is 10.00. The van der Waals surface area contributed by atoms with E-state index in [0.717, 1.165) is 33.8 Å². The van der Waals surface area contributed by atoms with Crippen molar-refractivity contribution in [3.8, 4) is 33.9 Å². The summed E-state index contributed by atoms with van der Waals surface area (Å²) in [7, 11) is 0. The largest absolute Gasteiger partial charge is 0.316 e. The molecule has 4 heterocycles. The molecule has 0 aliphatic rings. The Kier molecular flexibility index (Phi) is 6.98. The number of hydrogen-bond acceptors (Lipinski definition) is 0. The number of aromatic nitrogens is 4. The zero-order valence-corrected chi connectivity index (χ0v) is 32.6. The van der Waals surface area contributed by atoms with Crippen LogP contribution in [0.25, 0.3) is 110 Å². The Labute approximate surface area is 345 Å². The maximum Gasteiger partial charge on any atom is 0.0541 e. The minimum absolute atomic E-state index is 1.11. The molecule has 9 aromatic carbocycles. The molecule has 0 atom stereocenters. The molecule has 13 aromatic rings. The summed E-state index contributed by atoms with van der Waals surface area (Å²) in [5.41, 5.74) is 15.2. The third-order valence-corrected chi connectivity index (χ3v) is 12.6. The Balaban J connectivity index is 1.04. The van der Waals surface area contributed by atoms with Gasteiger partial charge in [0.05, 0.1) is 38.6 Å². The second-order valence-electron chi connectivity index (χ2n) is 15.8. The first-order chi connectivity index (χ1) is 29.8. The second kappa shape index (κ2) is 12.7. The first-order valence-corrected chi connectivity index (χ1v) is 20.6. The van der Waals surface area contributed by atoms with Gasteiger partial charge in [-0.25, -0.2) is 0 Å². The van der Waals surface area contributed by atoms with Gasteiger partial charge in [-0.2, -0.15) is 0 Å². The fourth-order valence-electron chi connectivity index (χ4n) is 10.00. The molecular formula is C56H36N4. The van der Waals surface area contributed by atoms with E-state index in [9.17, 15) is 0 Å². The third-order valence-electron chi connectivity index (χ3n) is 12.6. The number of rotatable bonds is 5. The molecule has 60 heavy (non-hydrogen) atoms. The Bertz CT molecular complexity index is 3540. The van der Waals surface area contributed by atoms with Crippen molar-refractivity contribution < 1.29 is 0 Å². The van der Waals surface area contributed by atoms with E-state index in [0.29, 0.717) is 0 Å². The Morgan fingerprint density at radius 1 is 0.233 bits per heavy atom. The van der Waals surface area contributed by atoms with Crippen LogP contribution in [-0.2, 0) is 0 Å². The van der Waals surface area contributed by atoms with Crippen LogP contribution in [-0.4, -0.2) is 18.3 Å². The van der Waals surface area contributed by atoms with Crippen LogP contribution in [0.3, 0.4) is 0 Å². The van der Waals surface area contributed by atoms with Gasteiger partial charge in [0.25, 0.3) is 0 Å². The van der Waals surface area contributed by atoms with E-state index in [4.69, 9.17) is 0 Å². The van der Waals surface area contributed by atoms with Gasteiger partial charge < -0.3 is 18.3 Å². The lowest BCUT2D eigenvalue weighted by Crippen LogP contribution is -2.00. The molecule has 0 radical (unpaired) electrons. The van der Waals surface area contributed by atoms with Crippen molar-refractivity contribution in [2.75, 3.05) is 0 Å². The number of para-hydroxylation sites is 7. The average molecular weight is 765 g/mol. The smallest absolute Gasteiger partial charge is 0.0541 e. The molecule has 0 N–H and O–H groups in total. The summed E-state index contributed by atoms with van der Waals surface area (Å²) in [6, 6.07) is 77.5. The van der Waals surface area contributed by atoms with Crippen LogP contribution in [0.15, 0.2) is 219 Å². The number of nitrogens with zero attached hydrogens (tertiary/aromatic N) is 4. The molecule has 13 rings (SSSR count). The number of fused-ring (bicyclic) bond motifs is 10. The molecular weight excluding hydrogens is 729 g/mol. The summed E-state index contributed by atoms with van der Waals surface area (Å²) in [4.78, 5) is 0. The van der Waals surface area contributed by atoms with Crippen LogP contribution in [0.1, 0.15) is 0 Å². The van der Waals surface area contributed by atoms with Crippen molar-refractivity contribution in [2.24, 2.45) is 0 Å².